The molecule has 0 N–H and O–H groups in total. The van der Waals surface area contributed by atoms with Crippen LogP contribution in [0.3, 0.4) is 0 Å². The number of carbonyl (C=O) groups is 1. The number of carbonyl (C=O) groups excluding carboxylic acids is 1. The van der Waals surface area contributed by atoms with E-state index in [2.05, 4.69) is 40.0 Å². The molecule has 144 valence electrons. The van der Waals surface area contributed by atoms with Crippen molar-refractivity contribution in [3.05, 3.63) is 71.3 Å². The van der Waals surface area contributed by atoms with E-state index in [0.717, 1.165) is 29.7 Å². The number of quaternary nitrogens is 1. The summed E-state index contributed by atoms with van der Waals surface area (Å²) in [7, 11) is 2.27. The number of likely N-dealkylation sites (N-methyl/N-ethyl adjacent to an activating group) is 1. The normalized spacial score (nSPS) is 17.5. The first-order valence-electron chi connectivity index (χ1n) is 9.97. The SMILES string of the molecule is CC(C)(C)c1ccc(C(=O)OC(C[N+]2(C)CCCC2)c2ccccc2)cc1. The third-order valence-electron chi connectivity index (χ3n) is 5.66. The van der Waals surface area contributed by atoms with Crippen molar-refractivity contribution < 1.29 is 14.0 Å². The van der Waals surface area contributed by atoms with Gasteiger partial charge < -0.3 is 9.22 Å². The fraction of sp³-hybridized carbons (Fsp3) is 0.458. The summed E-state index contributed by atoms with van der Waals surface area (Å²) in [6.07, 6.45) is 2.28. The summed E-state index contributed by atoms with van der Waals surface area (Å²) < 4.78 is 6.99. The Morgan fingerprint density at radius 3 is 2.15 bits per heavy atom. The summed E-state index contributed by atoms with van der Waals surface area (Å²) in [5, 5.41) is 0. The molecule has 0 amide bonds. The van der Waals surface area contributed by atoms with Crippen molar-refractivity contribution in [2.75, 3.05) is 26.7 Å². The number of ether oxygens (including phenoxy) is 1. The molecule has 3 heteroatoms. The molecule has 3 nitrogen and oxygen atoms in total. The van der Waals surface area contributed by atoms with Crippen LogP contribution in [0, 0.1) is 0 Å². The number of esters is 1. The van der Waals surface area contributed by atoms with Crippen LogP contribution in [0.15, 0.2) is 54.6 Å². The molecule has 1 heterocycles. The molecule has 0 radical (unpaired) electrons. The second-order valence-corrected chi connectivity index (χ2v) is 9.09. The lowest BCUT2D eigenvalue weighted by molar-refractivity contribution is -0.901. The molecule has 0 aromatic heterocycles. The summed E-state index contributed by atoms with van der Waals surface area (Å²) in [6, 6.07) is 18.0. The van der Waals surface area contributed by atoms with Gasteiger partial charge in [-0.1, -0.05) is 63.2 Å². The number of benzene rings is 2. The van der Waals surface area contributed by atoms with Crippen LogP contribution in [-0.4, -0.2) is 37.1 Å². The first-order chi connectivity index (χ1) is 12.8. The highest BCUT2D eigenvalue weighted by molar-refractivity contribution is 5.89. The van der Waals surface area contributed by atoms with E-state index in [9.17, 15) is 4.79 Å². The molecule has 1 aliphatic rings. The zero-order valence-electron chi connectivity index (χ0n) is 17.1. The lowest BCUT2D eigenvalue weighted by Gasteiger charge is -2.33. The maximum absolute atomic E-state index is 12.8. The van der Waals surface area contributed by atoms with Gasteiger partial charge in [-0.15, -0.1) is 0 Å². The monoisotopic (exact) mass is 366 g/mol. The molecule has 0 saturated carbocycles. The Labute approximate surface area is 163 Å². The first-order valence-corrected chi connectivity index (χ1v) is 9.97. The molecule has 1 aliphatic heterocycles. The van der Waals surface area contributed by atoms with Gasteiger partial charge in [0.15, 0.2) is 6.10 Å². The molecule has 1 fully saturated rings. The lowest BCUT2D eigenvalue weighted by atomic mass is 9.87. The van der Waals surface area contributed by atoms with E-state index in [0.29, 0.717) is 5.56 Å². The van der Waals surface area contributed by atoms with E-state index in [4.69, 9.17) is 4.74 Å². The number of hydrogen-bond acceptors (Lipinski definition) is 2. The quantitative estimate of drug-likeness (QED) is 0.542. The molecule has 2 aromatic rings. The van der Waals surface area contributed by atoms with Gasteiger partial charge in [0, 0.05) is 12.8 Å². The lowest BCUT2D eigenvalue weighted by Crippen LogP contribution is -2.44. The highest BCUT2D eigenvalue weighted by Crippen LogP contribution is 2.27. The van der Waals surface area contributed by atoms with E-state index >= 15 is 0 Å². The number of hydrogen-bond donors (Lipinski definition) is 0. The molecule has 2 aromatic carbocycles. The highest BCUT2D eigenvalue weighted by atomic mass is 16.5. The summed E-state index contributed by atoms with van der Waals surface area (Å²) in [5.41, 5.74) is 2.98. The van der Waals surface area contributed by atoms with Gasteiger partial charge in [-0.25, -0.2) is 4.79 Å². The smallest absolute Gasteiger partial charge is 0.338 e. The van der Waals surface area contributed by atoms with Crippen molar-refractivity contribution in [2.45, 2.75) is 45.1 Å². The maximum Gasteiger partial charge on any atom is 0.338 e. The van der Waals surface area contributed by atoms with Crippen molar-refractivity contribution >= 4 is 5.97 Å². The van der Waals surface area contributed by atoms with Crippen LogP contribution in [0.1, 0.15) is 61.2 Å². The van der Waals surface area contributed by atoms with Gasteiger partial charge in [-0.2, -0.15) is 0 Å². The minimum atomic E-state index is -0.241. The summed E-state index contributed by atoms with van der Waals surface area (Å²) in [4.78, 5) is 12.8. The number of rotatable bonds is 5. The van der Waals surface area contributed by atoms with E-state index in [1.165, 1.54) is 18.4 Å². The largest absolute Gasteiger partial charge is 0.448 e. The van der Waals surface area contributed by atoms with E-state index in [1.54, 1.807) is 0 Å². The molecule has 27 heavy (non-hydrogen) atoms. The molecular formula is C24H32NO2+. The molecular weight excluding hydrogens is 334 g/mol. The van der Waals surface area contributed by atoms with Crippen molar-refractivity contribution in [3.63, 3.8) is 0 Å². The molecule has 1 saturated heterocycles. The second-order valence-electron chi connectivity index (χ2n) is 9.09. The van der Waals surface area contributed by atoms with E-state index in [-0.39, 0.29) is 17.5 Å². The van der Waals surface area contributed by atoms with Crippen molar-refractivity contribution in [1.29, 1.82) is 0 Å². The molecule has 1 unspecified atom stereocenters. The fourth-order valence-corrected chi connectivity index (χ4v) is 3.86. The van der Waals surface area contributed by atoms with Crippen molar-refractivity contribution in [1.82, 2.24) is 0 Å². The Hall–Kier alpha value is -2.13. The van der Waals surface area contributed by atoms with Crippen molar-refractivity contribution in [3.8, 4) is 0 Å². The Kier molecular flexibility index (Phi) is 5.71. The van der Waals surface area contributed by atoms with E-state index < -0.39 is 0 Å². The highest BCUT2D eigenvalue weighted by Gasteiger charge is 2.33. The Bertz CT molecular complexity index is 753. The topological polar surface area (TPSA) is 26.3 Å². The van der Waals surface area contributed by atoms with Crippen molar-refractivity contribution in [2.24, 2.45) is 0 Å². The zero-order chi connectivity index (χ0) is 19.5. The average Bonchev–Trinajstić information content (AvgIpc) is 3.07. The zero-order valence-corrected chi connectivity index (χ0v) is 17.1. The van der Waals surface area contributed by atoms with Gasteiger partial charge in [0.25, 0.3) is 0 Å². The van der Waals surface area contributed by atoms with Crippen LogP contribution in [0.25, 0.3) is 0 Å². The minimum Gasteiger partial charge on any atom is -0.448 e. The third-order valence-corrected chi connectivity index (χ3v) is 5.66. The van der Waals surface area contributed by atoms with Crippen LogP contribution >= 0.6 is 0 Å². The number of likely N-dealkylation sites (tertiary alicyclic amines) is 1. The molecule has 0 spiro atoms. The minimum absolute atomic E-state index is 0.0730. The van der Waals surface area contributed by atoms with Gasteiger partial charge in [0.2, 0.25) is 0 Å². The number of nitrogens with zero attached hydrogens (tertiary/aromatic N) is 1. The van der Waals surface area contributed by atoms with Crippen LogP contribution in [-0.2, 0) is 10.2 Å². The Morgan fingerprint density at radius 2 is 1.59 bits per heavy atom. The van der Waals surface area contributed by atoms with Crippen LogP contribution in [0.4, 0.5) is 0 Å². The summed E-state index contributed by atoms with van der Waals surface area (Å²) in [6.45, 7) is 9.65. The van der Waals surface area contributed by atoms with Gasteiger partial charge in [-0.05, 0) is 28.7 Å². The van der Waals surface area contributed by atoms with Gasteiger partial charge in [-0.3, -0.25) is 0 Å². The summed E-state index contributed by atoms with van der Waals surface area (Å²) >= 11 is 0. The van der Waals surface area contributed by atoms with Gasteiger partial charge in [0.05, 0.1) is 25.7 Å². The molecule has 1 atom stereocenters. The predicted octanol–water partition coefficient (Wildman–Crippen LogP) is 5.12. The molecule has 3 rings (SSSR count). The van der Waals surface area contributed by atoms with Crippen LogP contribution in [0.2, 0.25) is 0 Å². The van der Waals surface area contributed by atoms with Crippen LogP contribution < -0.4 is 0 Å². The van der Waals surface area contributed by atoms with Gasteiger partial charge in [0.1, 0.15) is 6.54 Å². The fourth-order valence-electron chi connectivity index (χ4n) is 3.86. The Morgan fingerprint density at radius 1 is 1.00 bits per heavy atom. The Balaban J connectivity index is 1.78. The molecule has 0 aliphatic carbocycles. The first kappa shape index (κ1) is 19.6. The maximum atomic E-state index is 12.8. The van der Waals surface area contributed by atoms with E-state index in [1.807, 2.05) is 42.5 Å². The second kappa shape index (κ2) is 7.85. The standard InChI is InChI=1S/C24H32NO2/c1-24(2,3)21-14-12-20(13-15-21)23(26)27-22(19-10-6-5-7-11-19)18-25(4)16-8-9-17-25/h5-7,10-15,22H,8-9,16-18H2,1-4H3/q+1. The van der Waals surface area contributed by atoms with Gasteiger partial charge >= 0.3 is 5.97 Å². The summed E-state index contributed by atoms with van der Waals surface area (Å²) in [5.74, 6) is -0.241. The average molecular weight is 367 g/mol. The molecule has 0 bridgehead atoms. The predicted molar refractivity (Wildman–Crippen MR) is 110 cm³/mol. The third kappa shape index (κ3) is 4.98. The van der Waals surface area contributed by atoms with Crippen LogP contribution in [0.5, 0.6) is 0 Å².